The van der Waals surface area contributed by atoms with Crippen molar-refractivity contribution in [3.63, 3.8) is 0 Å². The van der Waals surface area contributed by atoms with E-state index in [1.807, 2.05) is 0 Å². The molecule has 0 aromatic carbocycles. The highest BCUT2D eigenvalue weighted by molar-refractivity contribution is 5.73. The minimum Gasteiger partial charge on any atom is -0.467 e. The molecular formula is C7H9N3O4. The summed E-state index contributed by atoms with van der Waals surface area (Å²) in [6.45, 7) is 1.54. The molecule has 0 fully saturated rings. The summed E-state index contributed by atoms with van der Waals surface area (Å²) in [7, 11) is 1.25. The lowest BCUT2D eigenvalue weighted by Gasteiger charge is -2.07. The Hall–Kier alpha value is -1.92. The Bertz CT molecular complexity index is 360. The Kier molecular flexibility index (Phi) is 2.80. The van der Waals surface area contributed by atoms with E-state index in [0.717, 1.165) is 6.20 Å². The van der Waals surface area contributed by atoms with E-state index in [9.17, 15) is 14.9 Å². The van der Waals surface area contributed by atoms with Crippen LogP contribution in [0.15, 0.2) is 12.4 Å². The molecule has 1 heterocycles. The normalized spacial score (nSPS) is 12.1. The summed E-state index contributed by atoms with van der Waals surface area (Å²) in [6, 6.07) is -0.659. The topological polar surface area (TPSA) is 87.3 Å². The lowest BCUT2D eigenvalue weighted by Crippen LogP contribution is -2.17. The lowest BCUT2D eigenvalue weighted by molar-refractivity contribution is -0.385. The number of nitrogens with zero attached hydrogens (tertiary/aromatic N) is 3. The third-order valence-corrected chi connectivity index (χ3v) is 1.74. The predicted octanol–water partition coefficient (Wildman–Crippen LogP) is 0.525. The van der Waals surface area contributed by atoms with Crippen LogP contribution in [0.5, 0.6) is 0 Å². The smallest absolute Gasteiger partial charge is 0.330 e. The number of ether oxygens (including phenoxy) is 1. The Balaban J connectivity index is 2.86. The van der Waals surface area contributed by atoms with Gasteiger partial charge in [0.25, 0.3) is 0 Å². The van der Waals surface area contributed by atoms with E-state index in [-0.39, 0.29) is 5.69 Å². The van der Waals surface area contributed by atoms with Gasteiger partial charge in [-0.2, -0.15) is 5.10 Å². The van der Waals surface area contributed by atoms with E-state index >= 15 is 0 Å². The van der Waals surface area contributed by atoms with Gasteiger partial charge >= 0.3 is 11.7 Å². The molecule has 0 amide bonds. The first-order valence-electron chi connectivity index (χ1n) is 3.82. The fraction of sp³-hybridized carbons (Fsp3) is 0.429. The molecular weight excluding hydrogens is 190 g/mol. The molecule has 0 radical (unpaired) electrons. The fourth-order valence-corrected chi connectivity index (χ4v) is 0.913. The lowest BCUT2D eigenvalue weighted by atomic mass is 10.3. The standard InChI is InChI=1S/C7H9N3O4/c1-5(7(11)14-2)9-4-6(3-8-9)10(12)13/h3-5H,1-2H3. The van der Waals surface area contributed by atoms with Crippen molar-refractivity contribution in [2.24, 2.45) is 0 Å². The average molecular weight is 199 g/mol. The summed E-state index contributed by atoms with van der Waals surface area (Å²) in [4.78, 5) is 20.8. The van der Waals surface area contributed by atoms with Crippen LogP contribution in [0.4, 0.5) is 5.69 Å². The van der Waals surface area contributed by atoms with Crippen LogP contribution >= 0.6 is 0 Å². The summed E-state index contributed by atoms with van der Waals surface area (Å²) in [5.74, 6) is -0.497. The summed E-state index contributed by atoms with van der Waals surface area (Å²) in [5, 5.41) is 14.0. The molecule has 0 spiro atoms. The maximum atomic E-state index is 11.0. The third kappa shape index (κ3) is 1.87. The maximum absolute atomic E-state index is 11.0. The van der Waals surface area contributed by atoms with Crippen LogP contribution in [0.3, 0.4) is 0 Å². The van der Waals surface area contributed by atoms with Crippen molar-refractivity contribution in [3.8, 4) is 0 Å². The monoisotopic (exact) mass is 199 g/mol. The van der Waals surface area contributed by atoms with Gasteiger partial charge < -0.3 is 4.74 Å². The van der Waals surface area contributed by atoms with Crippen LogP contribution in [0, 0.1) is 10.1 Å². The van der Waals surface area contributed by atoms with Gasteiger partial charge in [0.05, 0.1) is 12.0 Å². The summed E-state index contributed by atoms with van der Waals surface area (Å²) >= 11 is 0. The molecule has 7 nitrogen and oxygen atoms in total. The van der Waals surface area contributed by atoms with Crippen LogP contribution in [-0.2, 0) is 9.53 Å². The second-order valence-corrected chi connectivity index (χ2v) is 2.63. The molecule has 0 saturated heterocycles. The SMILES string of the molecule is COC(=O)C(C)n1cc([N+](=O)[O-])cn1. The van der Waals surface area contributed by atoms with E-state index in [4.69, 9.17) is 0 Å². The van der Waals surface area contributed by atoms with Gasteiger partial charge in [0.2, 0.25) is 0 Å². The van der Waals surface area contributed by atoms with E-state index in [1.54, 1.807) is 6.92 Å². The molecule has 7 heteroatoms. The highest BCUT2D eigenvalue weighted by Gasteiger charge is 2.18. The van der Waals surface area contributed by atoms with Crippen LogP contribution in [0.1, 0.15) is 13.0 Å². The molecule has 1 atom stereocenters. The summed E-state index contributed by atoms with van der Waals surface area (Å²) < 4.78 is 5.65. The van der Waals surface area contributed by atoms with Gasteiger partial charge in [-0.1, -0.05) is 0 Å². The zero-order valence-corrected chi connectivity index (χ0v) is 7.71. The Morgan fingerprint density at radius 3 is 2.86 bits per heavy atom. The Morgan fingerprint density at radius 1 is 1.79 bits per heavy atom. The third-order valence-electron chi connectivity index (χ3n) is 1.74. The zero-order chi connectivity index (χ0) is 10.7. The molecule has 76 valence electrons. The number of hydrogen-bond donors (Lipinski definition) is 0. The van der Waals surface area contributed by atoms with Gasteiger partial charge in [0, 0.05) is 0 Å². The highest BCUT2D eigenvalue weighted by atomic mass is 16.6. The molecule has 1 unspecified atom stereocenters. The van der Waals surface area contributed by atoms with Gasteiger partial charge in [-0.15, -0.1) is 0 Å². The molecule has 0 N–H and O–H groups in total. The molecule has 0 saturated carbocycles. The molecule has 0 aliphatic rings. The zero-order valence-electron chi connectivity index (χ0n) is 7.71. The molecule has 1 rings (SSSR count). The van der Waals surface area contributed by atoms with E-state index in [2.05, 4.69) is 9.84 Å². The van der Waals surface area contributed by atoms with Gasteiger partial charge in [-0.25, -0.2) is 4.79 Å². The molecule has 0 bridgehead atoms. The second kappa shape index (κ2) is 3.86. The largest absolute Gasteiger partial charge is 0.467 e. The number of rotatable bonds is 3. The summed E-state index contributed by atoms with van der Waals surface area (Å²) in [5.41, 5.74) is -0.152. The number of aromatic nitrogens is 2. The first kappa shape index (κ1) is 10.2. The second-order valence-electron chi connectivity index (χ2n) is 2.63. The maximum Gasteiger partial charge on any atom is 0.330 e. The quantitative estimate of drug-likeness (QED) is 0.402. The Morgan fingerprint density at radius 2 is 2.43 bits per heavy atom. The molecule has 1 aromatic rings. The number of nitro groups is 1. The van der Waals surface area contributed by atoms with Crippen molar-refractivity contribution in [1.82, 2.24) is 9.78 Å². The highest BCUT2D eigenvalue weighted by Crippen LogP contribution is 2.13. The van der Waals surface area contributed by atoms with Gasteiger partial charge in [-0.05, 0) is 6.92 Å². The van der Waals surface area contributed by atoms with Crippen molar-refractivity contribution in [2.45, 2.75) is 13.0 Å². The van der Waals surface area contributed by atoms with Gasteiger partial charge in [0.1, 0.15) is 18.4 Å². The summed E-state index contributed by atoms with van der Waals surface area (Å²) in [6.07, 6.45) is 2.26. The van der Waals surface area contributed by atoms with Crippen molar-refractivity contribution >= 4 is 11.7 Å². The van der Waals surface area contributed by atoms with Crippen molar-refractivity contribution in [3.05, 3.63) is 22.5 Å². The number of esters is 1. The molecule has 14 heavy (non-hydrogen) atoms. The minimum atomic E-state index is -0.659. The van der Waals surface area contributed by atoms with Gasteiger partial charge in [0.15, 0.2) is 0 Å². The van der Waals surface area contributed by atoms with Gasteiger partial charge in [-0.3, -0.25) is 14.8 Å². The van der Waals surface area contributed by atoms with E-state index in [0.29, 0.717) is 0 Å². The van der Waals surface area contributed by atoms with Crippen LogP contribution < -0.4 is 0 Å². The number of carbonyl (C=O) groups excluding carboxylic acids is 1. The average Bonchev–Trinajstić information content (AvgIpc) is 2.64. The van der Waals surface area contributed by atoms with Crippen molar-refractivity contribution < 1.29 is 14.5 Å². The molecule has 0 aliphatic carbocycles. The van der Waals surface area contributed by atoms with Crippen LogP contribution in [-0.4, -0.2) is 27.8 Å². The molecule has 1 aromatic heterocycles. The van der Waals surface area contributed by atoms with Crippen LogP contribution in [0.2, 0.25) is 0 Å². The van der Waals surface area contributed by atoms with Crippen molar-refractivity contribution in [2.75, 3.05) is 7.11 Å². The minimum absolute atomic E-state index is 0.152. The van der Waals surface area contributed by atoms with E-state index < -0.39 is 16.9 Å². The number of carbonyl (C=O) groups is 1. The number of methoxy groups -OCH3 is 1. The molecule has 0 aliphatic heterocycles. The predicted molar refractivity (Wildman–Crippen MR) is 45.6 cm³/mol. The van der Waals surface area contributed by atoms with Crippen molar-refractivity contribution in [1.29, 1.82) is 0 Å². The van der Waals surface area contributed by atoms with E-state index in [1.165, 1.54) is 18.0 Å². The first-order valence-corrected chi connectivity index (χ1v) is 3.82. The van der Waals surface area contributed by atoms with Crippen LogP contribution in [0.25, 0.3) is 0 Å². The number of hydrogen-bond acceptors (Lipinski definition) is 5. The Labute approximate surface area is 79.4 Å². The fourth-order valence-electron chi connectivity index (χ4n) is 0.913. The first-order chi connectivity index (χ1) is 6.56.